The number of aromatic nitrogens is 1. The molecule has 0 unspecified atom stereocenters. The zero-order chi connectivity index (χ0) is 24.4. The van der Waals surface area contributed by atoms with E-state index in [9.17, 15) is 19.8 Å². The second-order valence-electron chi connectivity index (χ2n) is 8.22. The molecular formula is C29H22N2O4. The minimum atomic E-state index is -0.952. The van der Waals surface area contributed by atoms with Crippen molar-refractivity contribution in [3.8, 4) is 16.8 Å². The van der Waals surface area contributed by atoms with Crippen molar-refractivity contribution in [3.63, 3.8) is 0 Å². The van der Waals surface area contributed by atoms with Crippen LogP contribution in [-0.2, 0) is 6.54 Å². The van der Waals surface area contributed by atoms with Crippen molar-refractivity contribution < 1.29 is 19.8 Å². The van der Waals surface area contributed by atoms with Gasteiger partial charge >= 0.3 is 11.9 Å². The van der Waals surface area contributed by atoms with Gasteiger partial charge in [-0.2, -0.15) is 0 Å². The van der Waals surface area contributed by atoms with Crippen LogP contribution >= 0.6 is 0 Å². The van der Waals surface area contributed by atoms with Crippen LogP contribution in [0.15, 0.2) is 103 Å². The van der Waals surface area contributed by atoms with Crippen LogP contribution in [0.3, 0.4) is 0 Å². The number of carboxylic acids is 2. The minimum Gasteiger partial charge on any atom is -0.478 e. The lowest BCUT2D eigenvalue weighted by Gasteiger charge is -2.11. The molecule has 0 spiro atoms. The van der Waals surface area contributed by atoms with Gasteiger partial charge in [0, 0.05) is 29.5 Å². The van der Waals surface area contributed by atoms with E-state index in [1.807, 2.05) is 54.7 Å². The average Bonchev–Trinajstić information content (AvgIpc) is 3.32. The molecular weight excluding hydrogens is 440 g/mol. The van der Waals surface area contributed by atoms with E-state index < -0.39 is 11.9 Å². The quantitative estimate of drug-likeness (QED) is 0.264. The Morgan fingerprint density at radius 3 is 2.26 bits per heavy atom. The van der Waals surface area contributed by atoms with Gasteiger partial charge in [-0.3, -0.25) is 0 Å². The van der Waals surface area contributed by atoms with Crippen LogP contribution in [0.4, 0.5) is 5.69 Å². The van der Waals surface area contributed by atoms with Crippen LogP contribution in [0.2, 0.25) is 0 Å². The standard InChI is InChI=1S/C29H22N2O4/c32-28(33)21-12-10-20(11-13-21)25-8-3-9-27-26(25)14-15-31(27)24-7-1-4-19(16-24)18-30-23-6-2-5-22(17-23)29(34)35/h1-17,30H,18H2,(H,32,33)(H,34,35). The van der Waals surface area contributed by atoms with Crippen LogP contribution in [0, 0.1) is 0 Å². The fourth-order valence-corrected chi connectivity index (χ4v) is 4.22. The lowest BCUT2D eigenvalue weighted by Crippen LogP contribution is -2.03. The highest BCUT2D eigenvalue weighted by atomic mass is 16.4. The van der Waals surface area contributed by atoms with Crippen molar-refractivity contribution in [1.82, 2.24) is 4.57 Å². The summed E-state index contributed by atoms with van der Waals surface area (Å²) in [5.74, 6) is -1.89. The molecule has 5 aromatic rings. The molecule has 0 atom stereocenters. The highest BCUT2D eigenvalue weighted by molar-refractivity contribution is 5.97. The Balaban J connectivity index is 1.43. The highest BCUT2D eigenvalue weighted by Gasteiger charge is 2.10. The molecule has 6 nitrogen and oxygen atoms in total. The molecule has 0 radical (unpaired) electrons. The van der Waals surface area contributed by atoms with Crippen LogP contribution < -0.4 is 5.32 Å². The van der Waals surface area contributed by atoms with Crippen molar-refractivity contribution in [2.45, 2.75) is 6.54 Å². The van der Waals surface area contributed by atoms with Crippen molar-refractivity contribution in [3.05, 3.63) is 120 Å². The molecule has 0 bridgehead atoms. The van der Waals surface area contributed by atoms with E-state index in [0.717, 1.165) is 39.0 Å². The molecule has 6 heteroatoms. The van der Waals surface area contributed by atoms with Crippen LogP contribution in [0.1, 0.15) is 26.3 Å². The van der Waals surface area contributed by atoms with Gasteiger partial charge in [0.2, 0.25) is 0 Å². The third-order valence-electron chi connectivity index (χ3n) is 5.97. The highest BCUT2D eigenvalue weighted by Crippen LogP contribution is 2.31. The number of rotatable bonds is 7. The number of hydrogen-bond donors (Lipinski definition) is 3. The van der Waals surface area contributed by atoms with Gasteiger partial charge in [-0.15, -0.1) is 0 Å². The third kappa shape index (κ3) is 4.50. The number of nitrogens with one attached hydrogen (secondary N) is 1. The molecule has 5 rings (SSSR count). The lowest BCUT2D eigenvalue weighted by molar-refractivity contribution is 0.0686. The number of aromatic carboxylic acids is 2. The Labute approximate surface area is 201 Å². The molecule has 1 heterocycles. The summed E-state index contributed by atoms with van der Waals surface area (Å²) in [6, 6.07) is 30.0. The first-order chi connectivity index (χ1) is 17.0. The molecule has 0 saturated carbocycles. The number of hydrogen-bond acceptors (Lipinski definition) is 3. The zero-order valence-electron chi connectivity index (χ0n) is 18.7. The first kappa shape index (κ1) is 22.0. The lowest BCUT2D eigenvalue weighted by atomic mass is 10.0. The number of carbonyl (C=O) groups is 2. The summed E-state index contributed by atoms with van der Waals surface area (Å²) in [4.78, 5) is 22.4. The number of carboxylic acid groups (broad SMARTS) is 2. The predicted molar refractivity (Wildman–Crippen MR) is 136 cm³/mol. The Morgan fingerprint density at radius 1 is 0.743 bits per heavy atom. The molecule has 4 aromatic carbocycles. The fraction of sp³-hybridized carbons (Fsp3) is 0.0345. The number of nitrogens with zero attached hydrogens (tertiary/aromatic N) is 1. The van der Waals surface area contributed by atoms with Crippen molar-refractivity contribution in [1.29, 1.82) is 0 Å². The Hall–Kier alpha value is -4.84. The van der Waals surface area contributed by atoms with Gasteiger partial charge in [0.15, 0.2) is 0 Å². The first-order valence-corrected chi connectivity index (χ1v) is 11.1. The van der Waals surface area contributed by atoms with Gasteiger partial charge in [0.25, 0.3) is 0 Å². The number of anilines is 1. The summed E-state index contributed by atoms with van der Waals surface area (Å²) in [7, 11) is 0. The minimum absolute atomic E-state index is 0.246. The Morgan fingerprint density at radius 2 is 1.49 bits per heavy atom. The van der Waals surface area contributed by atoms with Crippen LogP contribution in [-0.4, -0.2) is 26.7 Å². The molecule has 0 aliphatic carbocycles. The maximum absolute atomic E-state index is 11.2. The van der Waals surface area contributed by atoms with E-state index in [0.29, 0.717) is 6.54 Å². The van der Waals surface area contributed by atoms with Gasteiger partial charge in [-0.05, 0) is 71.3 Å². The fourth-order valence-electron chi connectivity index (χ4n) is 4.22. The summed E-state index contributed by atoms with van der Waals surface area (Å²) in [6.07, 6.45) is 2.03. The summed E-state index contributed by atoms with van der Waals surface area (Å²) in [6.45, 7) is 0.553. The number of fused-ring (bicyclic) bond motifs is 1. The van der Waals surface area contributed by atoms with Crippen molar-refractivity contribution >= 4 is 28.5 Å². The molecule has 172 valence electrons. The molecule has 0 fully saturated rings. The van der Waals surface area contributed by atoms with Crippen LogP contribution in [0.5, 0.6) is 0 Å². The summed E-state index contributed by atoms with van der Waals surface area (Å²) in [5, 5.41) is 22.7. The third-order valence-corrected chi connectivity index (χ3v) is 5.97. The molecule has 0 aliphatic heterocycles. The Kier molecular flexibility index (Phi) is 5.77. The molecule has 0 aliphatic rings. The largest absolute Gasteiger partial charge is 0.478 e. The average molecular weight is 463 g/mol. The maximum Gasteiger partial charge on any atom is 0.335 e. The van der Waals surface area contributed by atoms with E-state index in [1.54, 1.807) is 30.3 Å². The second kappa shape index (κ2) is 9.19. The first-order valence-electron chi connectivity index (χ1n) is 11.1. The van der Waals surface area contributed by atoms with Gasteiger partial charge in [0.05, 0.1) is 16.6 Å². The van der Waals surface area contributed by atoms with E-state index >= 15 is 0 Å². The summed E-state index contributed by atoms with van der Waals surface area (Å²) in [5.41, 5.74) is 6.37. The zero-order valence-corrected chi connectivity index (χ0v) is 18.7. The molecule has 0 saturated heterocycles. The topological polar surface area (TPSA) is 91.6 Å². The van der Waals surface area contributed by atoms with Gasteiger partial charge < -0.3 is 20.1 Å². The molecule has 1 aromatic heterocycles. The Bertz CT molecular complexity index is 1550. The van der Waals surface area contributed by atoms with E-state index in [-0.39, 0.29) is 11.1 Å². The molecule has 0 amide bonds. The smallest absolute Gasteiger partial charge is 0.335 e. The van der Waals surface area contributed by atoms with Crippen LogP contribution in [0.25, 0.3) is 27.7 Å². The monoisotopic (exact) mass is 462 g/mol. The molecule has 3 N–H and O–H groups in total. The van der Waals surface area contributed by atoms with Crippen molar-refractivity contribution in [2.75, 3.05) is 5.32 Å². The van der Waals surface area contributed by atoms with Gasteiger partial charge in [0.1, 0.15) is 0 Å². The summed E-state index contributed by atoms with van der Waals surface area (Å²) >= 11 is 0. The SMILES string of the molecule is O=C(O)c1ccc(-c2cccc3c2ccn3-c2cccc(CNc3cccc(C(=O)O)c3)c2)cc1. The summed E-state index contributed by atoms with van der Waals surface area (Å²) < 4.78 is 2.12. The number of benzene rings is 4. The maximum atomic E-state index is 11.2. The van der Waals surface area contributed by atoms with E-state index in [1.165, 1.54) is 0 Å². The predicted octanol–water partition coefficient (Wildman–Crippen LogP) is 6.31. The normalized spacial score (nSPS) is 10.9. The molecule has 35 heavy (non-hydrogen) atoms. The van der Waals surface area contributed by atoms with E-state index in [4.69, 9.17) is 0 Å². The van der Waals surface area contributed by atoms with E-state index in [2.05, 4.69) is 28.1 Å². The van der Waals surface area contributed by atoms with Gasteiger partial charge in [-0.25, -0.2) is 9.59 Å². The van der Waals surface area contributed by atoms with Crippen molar-refractivity contribution in [2.24, 2.45) is 0 Å². The second-order valence-corrected chi connectivity index (χ2v) is 8.22. The van der Waals surface area contributed by atoms with Gasteiger partial charge in [-0.1, -0.05) is 42.5 Å².